The van der Waals surface area contributed by atoms with Crippen LogP contribution in [0.1, 0.15) is 47.5 Å². The standard InChI is InChI=1S/C16H17NO3/c1-20-16(19)11-4-7-13-14(9-17-15(13)8-11)10-2-5-12(18)6-3-10/h4,7-10,17H,2-3,5-6H2,1H3. The van der Waals surface area contributed by atoms with Crippen LogP contribution in [0.3, 0.4) is 0 Å². The Hall–Kier alpha value is -2.10. The number of aromatic amines is 1. The summed E-state index contributed by atoms with van der Waals surface area (Å²) in [7, 11) is 1.38. The van der Waals surface area contributed by atoms with Crippen molar-refractivity contribution in [2.75, 3.05) is 7.11 Å². The number of hydrogen-bond donors (Lipinski definition) is 1. The molecule has 1 saturated carbocycles. The first-order valence-electron chi connectivity index (χ1n) is 6.90. The lowest BCUT2D eigenvalue weighted by Crippen LogP contribution is -2.12. The molecule has 104 valence electrons. The van der Waals surface area contributed by atoms with Crippen LogP contribution in [0.4, 0.5) is 0 Å². The molecule has 1 aromatic carbocycles. The van der Waals surface area contributed by atoms with E-state index in [0.717, 1.165) is 23.7 Å². The molecule has 1 heterocycles. The van der Waals surface area contributed by atoms with Crippen molar-refractivity contribution in [3.63, 3.8) is 0 Å². The van der Waals surface area contributed by atoms with Gasteiger partial charge in [-0.05, 0) is 36.5 Å². The molecule has 4 heteroatoms. The molecule has 0 bridgehead atoms. The number of rotatable bonds is 2. The number of carbonyl (C=O) groups is 2. The second-order valence-corrected chi connectivity index (χ2v) is 5.31. The fourth-order valence-electron chi connectivity index (χ4n) is 2.98. The fourth-order valence-corrected chi connectivity index (χ4v) is 2.98. The van der Waals surface area contributed by atoms with Crippen LogP contribution in [0, 0.1) is 0 Å². The topological polar surface area (TPSA) is 59.2 Å². The van der Waals surface area contributed by atoms with Crippen molar-refractivity contribution >= 4 is 22.7 Å². The molecule has 0 aliphatic heterocycles. The Bertz CT molecular complexity index is 661. The SMILES string of the molecule is COC(=O)c1ccc2c(C3CCC(=O)CC3)c[nH]c2c1. The fraction of sp³-hybridized carbons (Fsp3) is 0.375. The molecule has 1 aliphatic carbocycles. The summed E-state index contributed by atoms with van der Waals surface area (Å²) in [5, 5.41) is 1.14. The van der Waals surface area contributed by atoms with E-state index in [4.69, 9.17) is 4.74 Å². The average molecular weight is 271 g/mol. The summed E-state index contributed by atoms with van der Waals surface area (Å²) in [5.74, 6) is 0.478. The minimum absolute atomic E-state index is 0.327. The lowest BCUT2D eigenvalue weighted by Gasteiger charge is -2.20. The third kappa shape index (κ3) is 2.22. The highest BCUT2D eigenvalue weighted by molar-refractivity contribution is 5.95. The van der Waals surface area contributed by atoms with Gasteiger partial charge >= 0.3 is 5.97 Å². The molecule has 1 fully saturated rings. The van der Waals surface area contributed by atoms with E-state index in [1.807, 2.05) is 18.3 Å². The highest BCUT2D eigenvalue weighted by Crippen LogP contribution is 2.35. The van der Waals surface area contributed by atoms with Gasteiger partial charge in [0.1, 0.15) is 5.78 Å². The molecule has 0 radical (unpaired) electrons. The monoisotopic (exact) mass is 271 g/mol. The number of carbonyl (C=O) groups excluding carboxylic acids is 2. The predicted molar refractivity (Wildman–Crippen MR) is 75.9 cm³/mol. The number of H-pyrrole nitrogens is 1. The van der Waals surface area contributed by atoms with E-state index in [2.05, 4.69) is 4.98 Å². The van der Waals surface area contributed by atoms with Crippen molar-refractivity contribution in [1.29, 1.82) is 0 Å². The maximum atomic E-state index is 11.5. The first-order valence-corrected chi connectivity index (χ1v) is 6.90. The van der Waals surface area contributed by atoms with Crippen molar-refractivity contribution in [2.24, 2.45) is 0 Å². The zero-order valence-corrected chi connectivity index (χ0v) is 11.4. The summed E-state index contributed by atoms with van der Waals surface area (Å²) in [4.78, 5) is 26.1. The number of esters is 1. The number of fused-ring (bicyclic) bond motifs is 1. The Kier molecular flexibility index (Phi) is 3.30. The number of hydrogen-bond acceptors (Lipinski definition) is 3. The summed E-state index contributed by atoms with van der Waals surface area (Å²) >= 11 is 0. The lowest BCUT2D eigenvalue weighted by molar-refractivity contribution is -0.120. The summed E-state index contributed by atoms with van der Waals surface area (Å²) in [6, 6.07) is 5.57. The summed E-state index contributed by atoms with van der Waals surface area (Å²) in [6.45, 7) is 0. The van der Waals surface area contributed by atoms with E-state index in [0.29, 0.717) is 30.1 Å². The molecule has 0 spiro atoms. The van der Waals surface area contributed by atoms with Gasteiger partial charge in [-0.3, -0.25) is 4.79 Å². The van der Waals surface area contributed by atoms with Gasteiger partial charge in [-0.1, -0.05) is 6.07 Å². The summed E-state index contributed by atoms with van der Waals surface area (Å²) < 4.78 is 4.73. The number of ketones is 1. The van der Waals surface area contributed by atoms with E-state index < -0.39 is 0 Å². The third-order valence-corrected chi connectivity index (χ3v) is 4.12. The molecule has 1 N–H and O–H groups in total. The van der Waals surface area contributed by atoms with Crippen LogP contribution in [0.5, 0.6) is 0 Å². The number of ether oxygens (including phenoxy) is 1. The second kappa shape index (κ2) is 5.12. The smallest absolute Gasteiger partial charge is 0.337 e. The summed E-state index contributed by atoms with van der Waals surface area (Å²) in [6.07, 6.45) is 5.20. The molecule has 0 saturated heterocycles. The van der Waals surface area contributed by atoms with Gasteiger partial charge in [-0.15, -0.1) is 0 Å². The third-order valence-electron chi connectivity index (χ3n) is 4.12. The Balaban J connectivity index is 1.94. The predicted octanol–water partition coefficient (Wildman–Crippen LogP) is 3.18. The zero-order valence-electron chi connectivity index (χ0n) is 11.4. The molecule has 0 atom stereocenters. The van der Waals surface area contributed by atoms with Gasteiger partial charge in [-0.25, -0.2) is 4.79 Å². The minimum atomic E-state index is -0.327. The number of nitrogens with one attached hydrogen (secondary N) is 1. The molecule has 1 aliphatic rings. The summed E-state index contributed by atoms with van der Waals surface area (Å²) in [5.41, 5.74) is 2.75. The van der Waals surface area contributed by atoms with E-state index >= 15 is 0 Å². The van der Waals surface area contributed by atoms with E-state index in [-0.39, 0.29) is 5.97 Å². The van der Waals surface area contributed by atoms with Gasteiger partial charge in [0.2, 0.25) is 0 Å². The maximum absolute atomic E-state index is 11.5. The van der Waals surface area contributed by atoms with Crippen molar-refractivity contribution in [3.8, 4) is 0 Å². The van der Waals surface area contributed by atoms with Crippen LogP contribution < -0.4 is 0 Å². The van der Waals surface area contributed by atoms with Crippen LogP contribution in [0.2, 0.25) is 0 Å². The van der Waals surface area contributed by atoms with E-state index in [1.54, 1.807) is 6.07 Å². The van der Waals surface area contributed by atoms with Gasteiger partial charge in [0.05, 0.1) is 12.7 Å². The van der Waals surface area contributed by atoms with Crippen molar-refractivity contribution < 1.29 is 14.3 Å². The Morgan fingerprint density at radius 1 is 1.30 bits per heavy atom. The Morgan fingerprint density at radius 2 is 2.05 bits per heavy atom. The lowest BCUT2D eigenvalue weighted by atomic mass is 9.83. The molecule has 0 amide bonds. The largest absolute Gasteiger partial charge is 0.465 e. The van der Waals surface area contributed by atoms with Gasteiger partial charge in [0.15, 0.2) is 0 Å². The average Bonchev–Trinajstić information content (AvgIpc) is 2.90. The van der Waals surface area contributed by atoms with Gasteiger partial charge in [0.25, 0.3) is 0 Å². The second-order valence-electron chi connectivity index (χ2n) is 5.31. The van der Waals surface area contributed by atoms with Crippen LogP contribution in [-0.4, -0.2) is 23.8 Å². The number of Topliss-reactive ketones (excluding diaryl/α,β-unsaturated/α-hetero) is 1. The van der Waals surface area contributed by atoms with Crippen molar-refractivity contribution in [3.05, 3.63) is 35.5 Å². The molecular weight excluding hydrogens is 254 g/mol. The highest BCUT2D eigenvalue weighted by Gasteiger charge is 2.22. The van der Waals surface area contributed by atoms with Crippen molar-refractivity contribution in [2.45, 2.75) is 31.6 Å². The van der Waals surface area contributed by atoms with E-state index in [1.165, 1.54) is 12.7 Å². The van der Waals surface area contributed by atoms with Crippen LogP contribution in [0.25, 0.3) is 10.9 Å². The maximum Gasteiger partial charge on any atom is 0.337 e. The normalized spacial score (nSPS) is 16.6. The van der Waals surface area contributed by atoms with Crippen LogP contribution >= 0.6 is 0 Å². The van der Waals surface area contributed by atoms with Crippen LogP contribution in [-0.2, 0) is 9.53 Å². The first kappa shape index (κ1) is 12.9. The molecule has 4 nitrogen and oxygen atoms in total. The Morgan fingerprint density at radius 3 is 2.75 bits per heavy atom. The highest BCUT2D eigenvalue weighted by atomic mass is 16.5. The van der Waals surface area contributed by atoms with Gasteiger partial charge < -0.3 is 9.72 Å². The number of benzene rings is 1. The number of methoxy groups -OCH3 is 1. The first-order chi connectivity index (χ1) is 9.69. The molecule has 20 heavy (non-hydrogen) atoms. The molecule has 2 aromatic rings. The molecule has 0 unspecified atom stereocenters. The molecular formula is C16H17NO3. The number of aromatic nitrogens is 1. The van der Waals surface area contributed by atoms with Gasteiger partial charge in [-0.2, -0.15) is 0 Å². The van der Waals surface area contributed by atoms with Gasteiger partial charge in [0, 0.05) is 29.9 Å². The molecule has 1 aromatic heterocycles. The van der Waals surface area contributed by atoms with Crippen molar-refractivity contribution in [1.82, 2.24) is 4.98 Å². The van der Waals surface area contributed by atoms with E-state index in [9.17, 15) is 9.59 Å². The zero-order chi connectivity index (χ0) is 14.1. The quantitative estimate of drug-likeness (QED) is 0.853. The van der Waals surface area contributed by atoms with Crippen LogP contribution in [0.15, 0.2) is 24.4 Å². The minimum Gasteiger partial charge on any atom is -0.465 e. The Labute approximate surface area is 117 Å². The molecule has 3 rings (SSSR count).